The van der Waals surface area contributed by atoms with E-state index in [9.17, 15) is 105 Å². The highest BCUT2D eigenvalue weighted by atomic mass is 19.4. The summed E-state index contributed by atoms with van der Waals surface area (Å²) in [6.07, 6.45) is -18.6. The molecular formula is C29H29F17N2O10. The molecule has 0 unspecified atom stereocenters. The van der Waals surface area contributed by atoms with E-state index in [1.54, 1.807) is 0 Å². The third-order valence-electron chi connectivity index (χ3n) is 7.99. The molecule has 2 rings (SSSR count). The summed E-state index contributed by atoms with van der Waals surface area (Å²) in [6, 6.07) is 3.10. The molecule has 1 fully saturated rings. The van der Waals surface area contributed by atoms with E-state index in [4.69, 9.17) is 18.9 Å². The number of aliphatic hydroxyl groups is 3. The number of carbonyl (C=O) groups excluding carboxylic acids is 1. The van der Waals surface area contributed by atoms with Gasteiger partial charge in [-0.05, 0) is 36.6 Å². The van der Waals surface area contributed by atoms with Crippen LogP contribution in [-0.2, 0) is 25.6 Å². The lowest BCUT2D eigenvalue weighted by Gasteiger charge is -2.42. The lowest BCUT2D eigenvalue weighted by Crippen LogP contribution is -2.74. The normalized spacial score (nSPS) is 21.9. The standard InChI is InChI=1S/C29H29F17N2O10/c30-22(31,23(32,33)24(34,35)25(36,37)26(38,39)27(40,41)28(42,43)29(44,45)46)8-3-10-55-9-1-2-11-56-20-17(19(51)18(50)16(12-49)58-20)47-21(52)57-13-14-4-6-15(7-5-14)48(53)54/h2,4-7,11,16-20,49-51H,1,3,8-10,12-13H2,(H,47,52)/t16-,17-,18-,19-,20-/m1/s1. The fourth-order valence-corrected chi connectivity index (χ4v) is 4.60. The largest absolute Gasteiger partial charge is 0.471 e. The van der Waals surface area contributed by atoms with Crippen LogP contribution in [-0.4, -0.2) is 124 Å². The number of nitrogens with one attached hydrogen (secondary N) is 1. The number of hydrogen-bond donors (Lipinski definition) is 4. The number of rotatable bonds is 20. The van der Waals surface area contributed by atoms with Crippen LogP contribution in [0.5, 0.6) is 0 Å². The molecule has 0 bridgehead atoms. The van der Waals surface area contributed by atoms with Crippen LogP contribution in [0, 0.1) is 10.1 Å². The van der Waals surface area contributed by atoms with Gasteiger partial charge in [0.2, 0.25) is 6.29 Å². The number of hydrogen-bond acceptors (Lipinski definition) is 10. The number of nitro benzene ring substituents is 1. The summed E-state index contributed by atoms with van der Waals surface area (Å²) < 4.78 is 248. The number of ether oxygens (including phenoxy) is 4. The summed E-state index contributed by atoms with van der Waals surface area (Å²) in [5.41, 5.74) is 0.0166. The van der Waals surface area contributed by atoms with Crippen molar-refractivity contribution in [1.29, 1.82) is 0 Å². The Morgan fingerprint density at radius 2 is 1.31 bits per heavy atom. The molecule has 1 aromatic carbocycles. The Hall–Kier alpha value is -3.96. The summed E-state index contributed by atoms with van der Waals surface area (Å²) >= 11 is 0. The third kappa shape index (κ3) is 9.90. The summed E-state index contributed by atoms with van der Waals surface area (Å²) in [5.74, 6) is -56.9. The van der Waals surface area contributed by atoms with Crippen molar-refractivity contribution in [2.24, 2.45) is 0 Å². The molecule has 0 aliphatic carbocycles. The van der Waals surface area contributed by atoms with E-state index in [-0.39, 0.29) is 17.7 Å². The van der Waals surface area contributed by atoms with Crippen molar-refractivity contribution in [3.8, 4) is 0 Å². The first-order valence-corrected chi connectivity index (χ1v) is 15.7. The number of halogens is 17. The fraction of sp³-hybridized carbons (Fsp3) is 0.690. The number of alkyl halides is 17. The second-order valence-electron chi connectivity index (χ2n) is 12.0. The molecule has 5 atom stereocenters. The van der Waals surface area contributed by atoms with Gasteiger partial charge in [0.05, 0.1) is 24.4 Å². The highest BCUT2D eigenvalue weighted by molar-refractivity contribution is 5.67. The van der Waals surface area contributed by atoms with E-state index in [1.807, 2.05) is 0 Å². The molecule has 1 aliphatic heterocycles. The van der Waals surface area contributed by atoms with Crippen molar-refractivity contribution in [3.63, 3.8) is 0 Å². The van der Waals surface area contributed by atoms with E-state index < -0.39 is 129 Å². The Bertz CT molecular complexity index is 1570. The predicted octanol–water partition coefficient (Wildman–Crippen LogP) is 6.36. The molecule has 1 aromatic rings. The van der Waals surface area contributed by atoms with E-state index in [0.29, 0.717) is 0 Å². The first kappa shape index (κ1) is 50.2. The van der Waals surface area contributed by atoms with E-state index in [1.165, 1.54) is 12.1 Å². The van der Waals surface area contributed by atoms with Crippen LogP contribution < -0.4 is 5.32 Å². The molecule has 1 heterocycles. The quantitative estimate of drug-likeness (QED) is 0.0381. The van der Waals surface area contributed by atoms with Gasteiger partial charge in [-0.3, -0.25) is 10.1 Å². The average Bonchev–Trinajstić information content (AvgIpc) is 3.11. The first-order chi connectivity index (χ1) is 26.3. The average molecular weight is 889 g/mol. The van der Waals surface area contributed by atoms with Gasteiger partial charge in [-0.2, -0.15) is 74.6 Å². The summed E-state index contributed by atoms with van der Waals surface area (Å²) in [7, 11) is 0. The molecule has 0 spiro atoms. The molecule has 1 amide bonds. The SMILES string of the molecule is O=C(N[C@H]1[C@H](OC=CCCOCCCC(F)(F)C(F)(F)C(F)(F)C(F)(F)C(F)(F)C(F)(F)C(F)(F)C(F)(F)F)O[C@H](CO)[C@@H](O)[C@@H]1O)OCc1ccc([N+](=O)[O-])cc1. The van der Waals surface area contributed by atoms with Crippen molar-refractivity contribution < 1.29 is 119 Å². The highest BCUT2D eigenvalue weighted by Crippen LogP contribution is 2.64. The van der Waals surface area contributed by atoms with E-state index in [0.717, 1.165) is 24.5 Å². The number of benzene rings is 1. The zero-order valence-electron chi connectivity index (χ0n) is 28.4. The van der Waals surface area contributed by atoms with Gasteiger partial charge in [0.1, 0.15) is 31.0 Å². The first-order valence-electron chi connectivity index (χ1n) is 15.7. The van der Waals surface area contributed by atoms with E-state index in [2.05, 4.69) is 5.32 Å². The van der Waals surface area contributed by atoms with Crippen LogP contribution in [0.15, 0.2) is 36.6 Å². The Labute approximate surface area is 312 Å². The van der Waals surface area contributed by atoms with Gasteiger partial charge in [-0.25, -0.2) is 4.79 Å². The van der Waals surface area contributed by atoms with Crippen LogP contribution in [0.2, 0.25) is 0 Å². The molecule has 29 heteroatoms. The van der Waals surface area contributed by atoms with Crippen LogP contribution >= 0.6 is 0 Å². The van der Waals surface area contributed by atoms with Crippen molar-refractivity contribution in [3.05, 3.63) is 52.3 Å². The van der Waals surface area contributed by atoms with Crippen LogP contribution in [0.3, 0.4) is 0 Å². The second kappa shape index (κ2) is 18.1. The zero-order chi connectivity index (χ0) is 44.9. The smallest absolute Gasteiger partial charge is 0.460 e. The molecule has 12 nitrogen and oxygen atoms in total. The molecule has 0 aromatic heterocycles. The van der Waals surface area contributed by atoms with Gasteiger partial charge >= 0.3 is 53.7 Å². The van der Waals surface area contributed by atoms with Crippen molar-refractivity contribution in [2.75, 3.05) is 19.8 Å². The molecule has 1 aliphatic rings. The van der Waals surface area contributed by atoms with Crippen LogP contribution in [0.4, 0.5) is 85.1 Å². The number of nitro groups is 1. The Kier molecular flexibility index (Phi) is 15.7. The zero-order valence-corrected chi connectivity index (χ0v) is 28.4. The minimum absolute atomic E-state index is 0.268. The molecule has 1 saturated heterocycles. The second-order valence-corrected chi connectivity index (χ2v) is 12.0. The minimum Gasteiger partial charge on any atom is -0.471 e. The maximum atomic E-state index is 14.0. The van der Waals surface area contributed by atoms with Gasteiger partial charge in [0, 0.05) is 25.2 Å². The van der Waals surface area contributed by atoms with Gasteiger partial charge in [0.25, 0.3) is 5.69 Å². The molecular weight excluding hydrogens is 859 g/mol. The summed E-state index contributed by atoms with van der Waals surface area (Å²) in [6.45, 7) is -3.05. The summed E-state index contributed by atoms with van der Waals surface area (Å²) in [5, 5.41) is 42.9. The maximum absolute atomic E-state index is 14.0. The minimum atomic E-state index is -8.71. The lowest BCUT2D eigenvalue weighted by molar-refractivity contribution is -0.461. The predicted molar refractivity (Wildman–Crippen MR) is 154 cm³/mol. The number of aliphatic hydroxyl groups excluding tert-OH is 3. The Morgan fingerprint density at radius 3 is 1.81 bits per heavy atom. The Balaban J connectivity index is 1.97. The van der Waals surface area contributed by atoms with Gasteiger partial charge in [0.15, 0.2) is 0 Å². The number of amides is 1. The van der Waals surface area contributed by atoms with Crippen molar-refractivity contribution in [1.82, 2.24) is 5.32 Å². The number of carbonyl (C=O) groups is 1. The number of nitrogens with zero attached hydrogens (tertiary/aromatic N) is 1. The monoisotopic (exact) mass is 888 g/mol. The molecule has 0 radical (unpaired) electrons. The third-order valence-corrected chi connectivity index (χ3v) is 7.99. The van der Waals surface area contributed by atoms with Crippen LogP contribution in [0.1, 0.15) is 24.8 Å². The summed E-state index contributed by atoms with van der Waals surface area (Å²) in [4.78, 5) is 22.4. The topological polar surface area (TPSA) is 170 Å². The fourth-order valence-electron chi connectivity index (χ4n) is 4.60. The molecule has 58 heavy (non-hydrogen) atoms. The lowest BCUT2D eigenvalue weighted by atomic mass is 9.88. The van der Waals surface area contributed by atoms with Crippen molar-refractivity contribution >= 4 is 11.8 Å². The molecule has 4 N–H and O–H groups in total. The van der Waals surface area contributed by atoms with Gasteiger partial charge in [-0.15, -0.1) is 0 Å². The van der Waals surface area contributed by atoms with Crippen LogP contribution in [0.25, 0.3) is 0 Å². The van der Waals surface area contributed by atoms with Gasteiger partial charge in [-0.1, -0.05) is 0 Å². The molecule has 0 saturated carbocycles. The highest BCUT2D eigenvalue weighted by Gasteiger charge is 2.95. The van der Waals surface area contributed by atoms with Gasteiger partial charge < -0.3 is 39.6 Å². The maximum Gasteiger partial charge on any atom is 0.460 e. The number of non-ortho nitro benzene ring substituents is 1. The molecule has 334 valence electrons. The van der Waals surface area contributed by atoms with E-state index >= 15 is 0 Å². The number of alkyl carbamates (subject to hydrolysis) is 1. The Morgan fingerprint density at radius 1 is 0.793 bits per heavy atom. The van der Waals surface area contributed by atoms with Crippen molar-refractivity contribution in [2.45, 2.75) is 104 Å².